The van der Waals surface area contributed by atoms with E-state index in [-0.39, 0.29) is 17.3 Å². The molecule has 0 aliphatic rings. The van der Waals surface area contributed by atoms with Gasteiger partial charge in [0.25, 0.3) is 0 Å². The molecule has 27 heavy (non-hydrogen) atoms. The maximum absolute atomic E-state index is 12.3. The molecule has 0 fully saturated rings. The van der Waals surface area contributed by atoms with Crippen LogP contribution in [0.5, 0.6) is 5.75 Å². The van der Waals surface area contributed by atoms with E-state index in [0.717, 1.165) is 16.9 Å². The Morgan fingerprint density at radius 1 is 1.04 bits per heavy atom. The SMILES string of the molecule is COc1ccc(CCNC(=O)CNS(=O)(=O)c2ccc(C(C)C)cc2)cc1. The highest BCUT2D eigenvalue weighted by Gasteiger charge is 2.15. The van der Waals surface area contributed by atoms with Gasteiger partial charge < -0.3 is 10.1 Å². The van der Waals surface area contributed by atoms with Gasteiger partial charge in [-0.1, -0.05) is 38.1 Å². The summed E-state index contributed by atoms with van der Waals surface area (Å²) < 4.78 is 32.0. The normalized spacial score (nSPS) is 11.4. The van der Waals surface area contributed by atoms with Crippen molar-refractivity contribution in [2.24, 2.45) is 0 Å². The molecule has 7 heteroatoms. The van der Waals surface area contributed by atoms with Gasteiger partial charge in [-0.3, -0.25) is 4.79 Å². The molecule has 6 nitrogen and oxygen atoms in total. The number of sulfonamides is 1. The summed E-state index contributed by atoms with van der Waals surface area (Å²) in [5.41, 5.74) is 2.12. The van der Waals surface area contributed by atoms with Crippen molar-refractivity contribution in [1.29, 1.82) is 0 Å². The molecule has 0 aliphatic heterocycles. The molecule has 1 amide bonds. The van der Waals surface area contributed by atoms with Crippen LogP contribution in [0, 0.1) is 0 Å². The fourth-order valence-electron chi connectivity index (χ4n) is 2.48. The van der Waals surface area contributed by atoms with Crippen molar-refractivity contribution < 1.29 is 17.9 Å². The maximum atomic E-state index is 12.3. The molecular formula is C20H26N2O4S. The molecule has 0 spiro atoms. The highest BCUT2D eigenvalue weighted by Crippen LogP contribution is 2.17. The average Bonchev–Trinajstić information content (AvgIpc) is 2.67. The van der Waals surface area contributed by atoms with Crippen LogP contribution in [0.4, 0.5) is 0 Å². The van der Waals surface area contributed by atoms with Crippen LogP contribution >= 0.6 is 0 Å². The molecule has 0 aromatic heterocycles. The third kappa shape index (κ3) is 6.37. The van der Waals surface area contributed by atoms with E-state index in [1.807, 2.05) is 38.1 Å². The summed E-state index contributed by atoms with van der Waals surface area (Å²) in [7, 11) is -2.10. The van der Waals surface area contributed by atoms with E-state index in [0.29, 0.717) is 18.9 Å². The minimum Gasteiger partial charge on any atom is -0.497 e. The first-order valence-corrected chi connectivity index (χ1v) is 10.3. The van der Waals surface area contributed by atoms with E-state index in [1.165, 1.54) is 0 Å². The third-order valence-corrected chi connectivity index (χ3v) is 5.59. The number of carbonyl (C=O) groups is 1. The van der Waals surface area contributed by atoms with Gasteiger partial charge in [0.15, 0.2) is 0 Å². The van der Waals surface area contributed by atoms with Gasteiger partial charge >= 0.3 is 0 Å². The van der Waals surface area contributed by atoms with E-state index in [1.54, 1.807) is 31.4 Å². The lowest BCUT2D eigenvalue weighted by Gasteiger charge is -2.10. The fraction of sp³-hybridized carbons (Fsp3) is 0.350. The number of nitrogens with one attached hydrogen (secondary N) is 2. The van der Waals surface area contributed by atoms with Crippen molar-refractivity contribution in [3.63, 3.8) is 0 Å². The molecule has 0 saturated heterocycles. The highest BCUT2D eigenvalue weighted by molar-refractivity contribution is 7.89. The van der Waals surface area contributed by atoms with E-state index >= 15 is 0 Å². The zero-order valence-electron chi connectivity index (χ0n) is 15.9. The highest BCUT2D eigenvalue weighted by atomic mass is 32.2. The van der Waals surface area contributed by atoms with Crippen LogP contribution in [0.1, 0.15) is 30.9 Å². The summed E-state index contributed by atoms with van der Waals surface area (Å²) in [6.07, 6.45) is 0.652. The Morgan fingerprint density at radius 2 is 1.67 bits per heavy atom. The lowest BCUT2D eigenvalue weighted by Crippen LogP contribution is -2.37. The standard InChI is InChI=1S/C20H26N2O4S/c1-15(2)17-6-10-19(11-7-17)27(24,25)22-14-20(23)21-13-12-16-4-8-18(26-3)9-5-16/h4-11,15,22H,12-14H2,1-3H3,(H,21,23). The van der Waals surface area contributed by atoms with Crippen LogP contribution < -0.4 is 14.8 Å². The second kappa shape index (κ2) is 9.53. The number of rotatable bonds is 9. The van der Waals surface area contributed by atoms with Crippen molar-refractivity contribution in [2.75, 3.05) is 20.2 Å². The molecule has 0 unspecified atom stereocenters. The summed E-state index contributed by atoms with van der Waals surface area (Å²) in [4.78, 5) is 12.0. The lowest BCUT2D eigenvalue weighted by molar-refractivity contribution is -0.119. The zero-order chi connectivity index (χ0) is 19.9. The fourth-order valence-corrected chi connectivity index (χ4v) is 3.46. The molecule has 2 rings (SSSR count). The summed E-state index contributed by atoms with van der Waals surface area (Å²) in [5.74, 6) is 0.732. The summed E-state index contributed by atoms with van der Waals surface area (Å²) in [6, 6.07) is 14.2. The second-order valence-electron chi connectivity index (χ2n) is 6.50. The number of hydrogen-bond donors (Lipinski definition) is 2. The van der Waals surface area contributed by atoms with Gasteiger partial charge in [0, 0.05) is 6.54 Å². The predicted octanol–water partition coefficient (Wildman–Crippen LogP) is 2.46. The number of hydrogen-bond acceptors (Lipinski definition) is 4. The number of methoxy groups -OCH3 is 1. The van der Waals surface area contributed by atoms with Gasteiger partial charge in [0.05, 0.1) is 18.6 Å². The van der Waals surface area contributed by atoms with Crippen LogP contribution in [0.2, 0.25) is 0 Å². The number of amides is 1. The number of ether oxygens (including phenoxy) is 1. The zero-order valence-corrected chi connectivity index (χ0v) is 16.7. The lowest BCUT2D eigenvalue weighted by atomic mass is 10.0. The molecular weight excluding hydrogens is 364 g/mol. The smallest absolute Gasteiger partial charge is 0.241 e. The minimum atomic E-state index is -3.71. The van der Waals surface area contributed by atoms with Crippen LogP contribution in [-0.2, 0) is 21.2 Å². The second-order valence-corrected chi connectivity index (χ2v) is 8.26. The number of carbonyl (C=O) groups excluding carboxylic acids is 1. The molecule has 0 atom stereocenters. The van der Waals surface area contributed by atoms with Gasteiger partial charge in [-0.15, -0.1) is 0 Å². The molecule has 0 bridgehead atoms. The Labute approximate surface area is 161 Å². The topological polar surface area (TPSA) is 84.5 Å². The molecule has 2 aromatic rings. The Hall–Kier alpha value is -2.38. The molecule has 146 valence electrons. The molecule has 2 aromatic carbocycles. The molecule has 2 N–H and O–H groups in total. The van der Waals surface area contributed by atoms with Gasteiger partial charge in [-0.05, 0) is 47.7 Å². The van der Waals surface area contributed by atoms with Gasteiger partial charge in [0.1, 0.15) is 5.75 Å². The van der Waals surface area contributed by atoms with Crippen molar-refractivity contribution in [3.05, 3.63) is 59.7 Å². The minimum absolute atomic E-state index is 0.151. The van der Waals surface area contributed by atoms with Gasteiger partial charge in [-0.2, -0.15) is 0 Å². The van der Waals surface area contributed by atoms with Crippen molar-refractivity contribution in [1.82, 2.24) is 10.0 Å². The Bertz CT molecular complexity index is 845. The first-order chi connectivity index (χ1) is 12.8. The van der Waals surface area contributed by atoms with E-state index < -0.39 is 10.0 Å². The monoisotopic (exact) mass is 390 g/mol. The Kier molecular flexibility index (Phi) is 7.38. The summed E-state index contributed by atoms with van der Waals surface area (Å²) >= 11 is 0. The predicted molar refractivity (Wildman–Crippen MR) is 105 cm³/mol. The van der Waals surface area contributed by atoms with E-state index in [2.05, 4.69) is 10.0 Å². The maximum Gasteiger partial charge on any atom is 0.241 e. The largest absolute Gasteiger partial charge is 0.497 e. The average molecular weight is 391 g/mol. The van der Waals surface area contributed by atoms with Crippen molar-refractivity contribution in [3.8, 4) is 5.75 Å². The molecule has 0 heterocycles. The Morgan fingerprint density at radius 3 is 2.22 bits per heavy atom. The molecule has 0 aliphatic carbocycles. The summed E-state index contributed by atoms with van der Waals surface area (Å²) in [6.45, 7) is 4.21. The van der Waals surface area contributed by atoms with Crippen LogP contribution in [0.3, 0.4) is 0 Å². The van der Waals surface area contributed by atoms with Crippen molar-refractivity contribution >= 4 is 15.9 Å². The van der Waals surface area contributed by atoms with Gasteiger partial charge in [-0.25, -0.2) is 13.1 Å². The van der Waals surface area contributed by atoms with Gasteiger partial charge in [0.2, 0.25) is 15.9 Å². The van der Waals surface area contributed by atoms with E-state index in [9.17, 15) is 13.2 Å². The Balaban J connectivity index is 1.79. The number of benzene rings is 2. The first-order valence-electron chi connectivity index (χ1n) is 8.81. The van der Waals surface area contributed by atoms with Crippen molar-refractivity contribution in [2.45, 2.75) is 31.1 Å². The van der Waals surface area contributed by atoms with Crippen LogP contribution in [0.25, 0.3) is 0 Å². The third-order valence-electron chi connectivity index (χ3n) is 4.17. The van der Waals surface area contributed by atoms with Crippen LogP contribution in [0.15, 0.2) is 53.4 Å². The molecule has 0 radical (unpaired) electrons. The van der Waals surface area contributed by atoms with E-state index in [4.69, 9.17) is 4.74 Å². The quantitative estimate of drug-likeness (QED) is 0.689. The summed E-state index contributed by atoms with van der Waals surface area (Å²) in [5, 5.41) is 2.71. The molecule has 0 saturated carbocycles. The first kappa shape index (κ1) is 20.9. The van der Waals surface area contributed by atoms with Crippen LogP contribution in [-0.4, -0.2) is 34.5 Å².